The van der Waals surface area contributed by atoms with Gasteiger partial charge in [0.1, 0.15) is 5.75 Å². The van der Waals surface area contributed by atoms with E-state index in [0.29, 0.717) is 0 Å². The van der Waals surface area contributed by atoms with Gasteiger partial charge in [-0.15, -0.1) is 0 Å². The Kier molecular flexibility index (Phi) is 4.59. The van der Waals surface area contributed by atoms with Gasteiger partial charge in [-0.2, -0.15) is 10.5 Å². The van der Waals surface area contributed by atoms with Crippen LogP contribution in [-0.2, 0) is 11.5 Å². The van der Waals surface area contributed by atoms with Crippen LogP contribution in [0.3, 0.4) is 0 Å². The van der Waals surface area contributed by atoms with Crippen molar-refractivity contribution >= 4 is 16.4 Å². The molecule has 2 rings (SSSR count). The first kappa shape index (κ1) is 12.9. The molecule has 0 aromatic heterocycles. The Morgan fingerprint density at radius 1 is 0.889 bits per heavy atom. The third kappa shape index (κ3) is 3.74. The highest BCUT2D eigenvalue weighted by atomic mass is 32.2. The summed E-state index contributed by atoms with van der Waals surface area (Å²) >= 11 is 0. The molecule has 18 heavy (non-hydrogen) atoms. The average Bonchev–Trinajstić information content (AvgIpc) is 2.40. The average molecular weight is 258 g/mol. The van der Waals surface area contributed by atoms with Gasteiger partial charge in [0.2, 0.25) is 0 Å². The van der Waals surface area contributed by atoms with Crippen LogP contribution in [0.2, 0.25) is 0 Å². The molecule has 2 heteroatoms. The van der Waals surface area contributed by atoms with E-state index in [9.17, 15) is 0 Å². The van der Waals surface area contributed by atoms with Gasteiger partial charge in [-0.05, 0) is 23.3 Å². The number of benzene rings is 2. The van der Waals surface area contributed by atoms with Gasteiger partial charge >= 0.3 is 0 Å². The zero-order valence-corrected chi connectivity index (χ0v) is 11.5. The maximum atomic E-state index is 5.16. The molecule has 0 N–H and O–H groups in total. The second-order valence-electron chi connectivity index (χ2n) is 4.23. The summed E-state index contributed by atoms with van der Waals surface area (Å²) in [4.78, 5) is 0. The lowest BCUT2D eigenvalue weighted by atomic mass is 10.2. The molecule has 0 aliphatic heterocycles. The normalized spacial score (nSPS) is 12.1. The van der Waals surface area contributed by atoms with Crippen molar-refractivity contribution in [2.45, 2.75) is 11.5 Å². The Bertz CT molecular complexity index is 502. The van der Waals surface area contributed by atoms with Gasteiger partial charge in [-0.1, -0.05) is 48.3 Å². The monoisotopic (exact) mass is 258 g/mol. The fraction of sp³-hybridized carbons (Fsp3) is 0.188. The molecule has 0 saturated heterocycles. The van der Waals surface area contributed by atoms with Gasteiger partial charge in [0.15, 0.2) is 0 Å². The summed E-state index contributed by atoms with van der Waals surface area (Å²) in [6.07, 6.45) is 0. The molecule has 1 nitrogen and oxygen atoms in total. The lowest BCUT2D eigenvalue weighted by Gasteiger charge is -2.08. The molecular weight excluding hydrogens is 240 g/mol. The topological polar surface area (TPSA) is 9.23 Å². The first-order chi connectivity index (χ1) is 8.78. The number of hydrogen-bond acceptors (Lipinski definition) is 1. The Balaban J connectivity index is 1.94. The zero-order valence-electron chi connectivity index (χ0n) is 10.6. The Labute approximate surface area is 111 Å². The Morgan fingerprint density at radius 3 is 2.00 bits per heavy atom. The summed E-state index contributed by atoms with van der Waals surface area (Å²) in [5, 5.41) is 0. The number of methoxy groups -OCH3 is 1. The predicted molar refractivity (Wildman–Crippen MR) is 81.6 cm³/mol. The van der Waals surface area contributed by atoms with Crippen LogP contribution in [0.25, 0.3) is 0 Å². The van der Waals surface area contributed by atoms with E-state index in [-0.39, 0.29) is 10.5 Å². The van der Waals surface area contributed by atoms with Crippen molar-refractivity contribution in [3.05, 3.63) is 65.7 Å². The quantitative estimate of drug-likeness (QED) is 0.734. The van der Waals surface area contributed by atoms with E-state index in [1.165, 1.54) is 11.1 Å². The third-order valence-electron chi connectivity index (χ3n) is 2.74. The van der Waals surface area contributed by atoms with Crippen molar-refractivity contribution in [3.63, 3.8) is 0 Å². The Morgan fingerprint density at radius 2 is 1.44 bits per heavy atom. The molecule has 0 radical (unpaired) electrons. The number of ether oxygens (including phenoxy) is 1. The highest BCUT2D eigenvalue weighted by Gasteiger charge is 1.99. The fourth-order valence-electron chi connectivity index (χ4n) is 1.82. The lowest BCUT2D eigenvalue weighted by molar-refractivity contribution is 0.414. The highest BCUT2D eigenvalue weighted by molar-refractivity contribution is 8.12. The molecule has 94 valence electrons. The van der Waals surface area contributed by atoms with Crippen molar-refractivity contribution in [2.24, 2.45) is 0 Å². The van der Waals surface area contributed by atoms with Gasteiger partial charge in [0.05, 0.1) is 7.11 Å². The highest BCUT2D eigenvalue weighted by Crippen LogP contribution is 2.24. The van der Waals surface area contributed by atoms with E-state index in [1.807, 2.05) is 18.2 Å². The van der Waals surface area contributed by atoms with Crippen LogP contribution < -0.4 is 4.74 Å². The number of hydrogen-bond donors (Lipinski definition) is 0. The van der Waals surface area contributed by atoms with Crippen LogP contribution in [-0.4, -0.2) is 13.0 Å². The summed E-state index contributed by atoms with van der Waals surface area (Å²) in [7, 11) is 1.82. The van der Waals surface area contributed by atoms with Gasteiger partial charge in [-0.25, -0.2) is 0 Å². The van der Waals surface area contributed by atoms with Gasteiger partial charge < -0.3 is 4.74 Å². The van der Waals surface area contributed by atoms with Gasteiger partial charge in [-0.3, -0.25) is 0 Å². The third-order valence-corrected chi connectivity index (χ3v) is 4.23. The molecule has 0 amide bonds. The van der Waals surface area contributed by atoms with E-state index >= 15 is 0 Å². The van der Waals surface area contributed by atoms with E-state index in [4.69, 9.17) is 4.74 Å². The first-order valence-corrected chi connectivity index (χ1v) is 7.65. The Hall–Kier alpha value is -1.54. The minimum absolute atomic E-state index is 0.129. The maximum Gasteiger partial charge on any atom is 0.118 e. The van der Waals surface area contributed by atoms with Crippen LogP contribution in [0.4, 0.5) is 0 Å². The molecule has 1 atom stereocenters. The second-order valence-corrected chi connectivity index (χ2v) is 6.04. The van der Waals surface area contributed by atoms with Crippen LogP contribution in [0.5, 0.6) is 5.75 Å². The first-order valence-electron chi connectivity index (χ1n) is 5.92. The van der Waals surface area contributed by atoms with Crippen molar-refractivity contribution in [1.29, 1.82) is 0 Å². The molecule has 2 aromatic carbocycles. The summed E-state index contributed by atoms with van der Waals surface area (Å²) in [5.74, 6) is 7.25. The molecule has 1 unspecified atom stereocenters. The molecule has 0 saturated carbocycles. The molecule has 0 spiro atoms. The maximum absolute atomic E-state index is 5.16. The van der Waals surface area contributed by atoms with Gasteiger partial charge in [0.25, 0.3) is 0 Å². The minimum atomic E-state index is 0.129. The summed E-state index contributed by atoms with van der Waals surface area (Å²) < 4.78 is 5.16. The van der Waals surface area contributed by atoms with E-state index in [1.54, 1.807) is 7.11 Å². The molecule has 0 aliphatic carbocycles. The number of rotatable bonds is 5. The largest absolute Gasteiger partial charge is 0.497 e. The molecule has 0 fully saturated rings. The van der Waals surface area contributed by atoms with Crippen molar-refractivity contribution < 1.29 is 4.74 Å². The summed E-state index contributed by atoms with van der Waals surface area (Å²) in [6.45, 7) is 0. The van der Waals surface area contributed by atoms with Crippen LogP contribution in [0.15, 0.2) is 54.6 Å². The van der Waals surface area contributed by atoms with Crippen molar-refractivity contribution in [2.75, 3.05) is 7.11 Å². The SMILES string of the molecule is C=S(Cc1ccccc1)Cc1ccc(OC)cc1. The van der Waals surface area contributed by atoms with E-state index < -0.39 is 0 Å². The zero-order chi connectivity index (χ0) is 12.8. The molecule has 2 aromatic rings. The molecule has 0 bridgehead atoms. The standard InChI is InChI=1S/C16H18OS/c1-17-16-10-8-15(9-11-16)13-18(2)12-14-6-4-3-5-7-14/h3-11H,2,12-13H2,1H3. The molecule has 0 heterocycles. The summed E-state index contributed by atoms with van der Waals surface area (Å²) in [5.41, 5.74) is 2.69. The van der Waals surface area contributed by atoms with Crippen LogP contribution >= 0.6 is 10.5 Å². The van der Waals surface area contributed by atoms with Crippen molar-refractivity contribution in [1.82, 2.24) is 0 Å². The summed E-state index contributed by atoms with van der Waals surface area (Å²) in [6, 6.07) is 18.8. The van der Waals surface area contributed by atoms with Crippen LogP contribution in [0.1, 0.15) is 11.1 Å². The lowest BCUT2D eigenvalue weighted by Crippen LogP contribution is -1.88. The van der Waals surface area contributed by atoms with E-state index in [0.717, 1.165) is 17.3 Å². The predicted octanol–water partition coefficient (Wildman–Crippen LogP) is 4.10. The fourth-order valence-corrected chi connectivity index (χ4v) is 3.25. The molecular formula is C16H18OS. The second kappa shape index (κ2) is 6.41. The van der Waals surface area contributed by atoms with Crippen LogP contribution in [0, 0.1) is 0 Å². The van der Waals surface area contributed by atoms with Gasteiger partial charge in [0, 0.05) is 11.5 Å². The smallest absolute Gasteiger partial charge is 0.118 e. The molecule has 0 aliphatic rings. The minimum Gasteiger partial charge on any atom is -0.497 e. The van der Waals surface area contributed by atoms with Crippen molar-refractivity contribution in [3.8, 4) is 5.75 Å². The van der Waals surface area contributed by atoms with E-state index in [2.05, 4.69) is 42.3 Å².